The van der Waals surface area contributed by atoms with E-state index in [1.165, 1.54) is 24.5 Å². The van der Waals surface area contributed by atoms with Crippen molar-refractivity contribution in [2.24, 2.45) is 0 Å². The molecule has 31 heavy (non-hydrogen) atoms. The molecule has 1 N–H and O–H groups in total. The van der Waals surface area contributed by atoms with Gasteiger partial charge in [0.2, 0.25) is 11.6 Å². The Kier molecular flexibility index (Phi) is 6.06. The molecule has 160 valence electrons. The van der Waals surface area contributed by atoms with E-state index in [-0.39, 0.29) is 22.3 Å². The molecule has 0 amide bonds. The molecule has 3 aromatic rings. The second kappa shape index (κ2) is 8.91. The zero-order valence-electron chi connectivity index (χ0n) is 16.1. The molecule has 2 heterocycles. The lowest BCUT2D eigenvalue weighted by atomic mass is 10.2. The minimum absolute atomic E-state index is 0.00921. The van der Waals surface area contributed by atoms with E-state index in [9.17, 15) is 14.5 Å². The number of hydrogen-bond donors (Lipinski definition) is 1. The molecule has 0 unspecified atom stereocenters. The van der Waals surface area contributed by atoms with E-state index in [4.69, 9.17) is 23.2 Å². The lowest BCUT2D eigenvalue weighted by molar-refractivity contribution is -0.383. The molecule has 2 aromatic carbocycles. The summed E-state index contributed by atoms with van der Waals surface area (Å²) in [5, 5.41) is 15.3. The Morgan fingerprint density at radius 1 is 1.03 bits per heavy atom. The van der Waals surface area contributed by atoms with E-state index in [1.54, 1.807) is 0 Å². The number of piperazine rings is 1. The lowest BCUT2D eigenvalue weighted by Crippen LogP contribution is -2.47. The molecule has 0 radical (unpaired) electrons. The fraction of sp³-hybridized carbons (Fsp3) is 0.200. The summed E-state index contributed by atoms with van der Waals surface area (Å²) in [6.45, 7) is 2.37. The van der Waals surface area contributed by atoms with E-state index < -0.39 is 10.7 Å². The van der Waals surface area contributed by atoms with Gasteiger partial charge in [-0.1, -0.05) is 29.3 Å². The zero-order valence-corrected chi connectivity index (χ0v) is 17.6. The first-order chi connectivity index (χ1) is 14.9. The van der Waals surface area contributed by atoms with Crippen molar-refractivity contribution in [2.45, 2.75) is 0 Å². The molecule has 1 aliphatic rings. The Bertz CT molecular complexity index is 1120. The van der Waals surface area contributed by atoms with Gasteiger partial charge in [-0.3, -0.25) is 10.1 Å². The maximum Gasteiger partial charge on any atom is 0.353 e. The third kappa shape index (κ3) is 4.62. The van der Waals surface area contributed by atoms with Gasteiger partial charge in [-0.2, -0.15) is 0 Å². The number of anilines is 4. The van der Waals surface area contributed by atoms with Crippen LogP contribution in [0.5, 0.6) is 0 Å². The number of nitro groups is 1. The van der Waals surface area contributed by atoms with Crippen molar-refractivity contribution < 1.29 is 9.31 Å². The number of halogens is 3. The molecule has 0 bridgehead atoms. The van der Waals surface area contributed by atoms with Crippen LogP contribution in [0.2, 0.25) is 10.0 Å². The van der Waals surface area contributed by atoms with Crippen LogP contribution in [-0.2, 0) is 0 Å². The van der Waals surface area contributed by atoms with Crippen LogP contribution in [0, 0.1) is 15.9 Å². The Balaban J connectivity index is 1.57. The summed E-state index contributed by atoms with van der Waals surface area (Å²) in [7, 11) is 0. The first-order valence-corrected chi connectivity index (χ1v) is 10.1. The van der Waals surface area contributed by atoms with Crippen LogP contribution in [0.15, 0.2) is 48.8 Å². The Morgan fingerprint density at radius 3 is 2.45 bits per heavy atom. The van der Waals surface area contributed by atoms with Gasteiger partial charge in [-0.05, 0) is 36.4 Å². The minimum atomic E-state index is -0.581. The quantitative estimate of drug-likeness (QED) is 0.425. The third-order valence-corrected chi connectivity index (χ3v) is 5.45. The molecule has 0 saturated carbocycles. The van der Waals surface area contributed by atoms with Gasteiger partial charge < -0.3 is 15.1 Å². The minimum Gasteiger partial charge on any atom is -0.368 e. The largest absolute Gasteiger partial charge is 0.368 e. The number of benzene rings is 2. The van der Waals surface area contributed by atoms with Gasteiger partial charge in [0.15, 0.2) is 0 Å². The van der Waals surface area contributed by atoms with E-state index in [0.717, 1.165) is 5.69 Å². The fourth-order valence-corrected chi connectivity index (χ4v) is 3.79. The summed E-state index contributed by atoms with van der Waals surface area (Å²) in [6.07, 6.45) is 1.26. The van der Waals surface area contributed by atoms with Crippen LogP contribution in [-0.4, -0.2) is 41.1 Å². The van der Waals surface area contributed by atoms with Crippen LogP contribution in [0.3, 0.4) is 0 Å². The maximum absolute atomic E-state index is 13.4. The summed E-state index contributed by atoms with van der Waals surface area (Å²) in [5.74, 6) is -0.348. The Morgan fingerprint density at radius 2 is 1.77 bits per heavy atom. The molecule has 1 saturated heterocycles. The van der Waals surface area contributed by atoms with Crippen molar-refractivity contribution in [3.63, 3.8) is 0 Å². The van der Waals surface area contributed by atoms with Gasteiger partial charge >= 0.3 is 5.69 Å². The van der Waals surface area contributed by atoms with Crippen molar-refractivity contribution in [1.29, 1.82) is 0 Å². The third-order valence-electron chi connectivity index (χ3n) is 4.92. The molecule has 0 atom stereocenters. The Hall–Kier alpha value is -3.17. The van der Waals surface area contributed by atoms with Gasteiger partial charge in [0.1, 0.15) is 12.1 Å². The first-order valence-electron chi connectivity index (χ1n) is 9.39. The standard InChI is InChI=1S/C20H17Cl2FN6O2/c21-13-2-1-3-15(10-13)27-6-8-28(9-7-27)20-18(29(30)31)19(24-12-25-20)26-14-4-5-17(23)16(22)11-14/h1-5,10-12H,6-9H2,(H,24,25,26). The molecule has 1 aliphatic heterocycles. The van der Waals surface area contributed by atoms with Crippen molar-refractivity contribution in [1.82, 2.24) is 9.97 Å². The molecule has 8 nitrogen and oxygen atoms in total. The number of aromatic nitrogens is 2. The molecule has 0 aliphatic carbocycles. The van der Waals surface area contributed by atoms with Crippen LogP contribution in [0.1, 0.15) is 0 Å². The number of hydrogen-bond acceptors (Lipinski definition) is 7. The highest BCUT2D eigenvalue weighted by Gasteiger charge is 2.29. The Labute approximate surface area is 187 Å². The van der Waals surface area contributed by atoms with Gasteiger partial charge in [0.05, 0.1) is 9.95 Å². The maximum atomic E-state index is 13.4. The second-order valence-corrected chi connectivity index (χ2v) is 7.70. The van der Waals surface area contributed by atoms with Gasteiger partial charge in [0, 0.05) is 42.6 Å². The molecular formula is C20H17Cl2FN6O2. The molecule has 11 heteroatoms. The molecule has 1 fully saturated rings. The van der Waals surface area contributed by atoms with Gasteiger partial charge in [-0.15, -0.1) is 0 Å². The van der Waals surface area contributed by atoms with Crippen molar-refractivity contribution >= 4 is 51.9 Å². The van der Waals surface area contributed by atoms with Crippen molar-refractivity contribution in [3.8, 4) is 0 Å². The molecule has 0 spiro atoms. The van der Waals surface area contributed by atoms with E-state index in [1.807, 2.05) is 29.2 Å². The van der Waals surface area contributed by atoms with E-state index in [0.29, 0.717) is 36.9 Å². The second-order valence-electron chi connectivity index (χ2n) is 6.86. The topological polar surface area (TPSA) is 87.4 Å². The summed E-state index contributed by atoms with van der Waals surface area (Å²) in [4.78, 5) is 23.6. The highest BCUT2D eigenvalue weighted by atomic mass is 35.5. The molecule has 4 rings (SSSR count). The van der Waals surface area contributed by atoms with Crippen LogP contribution in [0.25, 0.3) is 0 Å². The average molecular weight is 463 g/mol. The van der Waals surface area contributed by atoms with Crippen LogP contribution < -0.4 is 15.1 Å². The van der Waals surface area contributed by atoms with Gasteiger partial charge in [-0.25, -0.2) is 14.4 Å². The number of rotatable bonds is 5. The summed E-state index contributed by atoms with van der Waals surface area (Å²) >= 11 is 11.9. The normalized spacial score (nSPS) is 13.9. The fourth-order valence-electron chi connectivity index (χ4n) is 3.42. The average Bonchev–Trinajstić information content (AvgIpc) is 2.76. The first kappa shape index (κ1) is 21.1. The monoisotopic (exact) mass is 462 g/mol. The summed E-state index contributed by atoms with van der Waals surface area (Å²) in [5.41, 5.74) is 1.13. The number of nitrogens with one attached hydrogen (secondary N) is 1. The smallest absolute Gasteiger partial charge is 0.353 e. The predicted molar refractivity (Wildman–Crippen MR) is 119 cm³/mol. The molecule has 1 aromatic heterocycles. The van der Waals surface area contributed by atoms with Crippen LogP contribution in [0.4, 0.5) is 33.1 Å². The van der Waals surface area contributed by atoms with Gasteiger partial charge in [0.25, 0.3) is 0 Å². The molecular weight excluding hydrogens is 446 g/mol. The SMILES string of the molecule is O=[N+]([O-])c1c(Nc2ccc(F)c(Cl)c2)ncnc1N1CCN(c2cccc(Cl)c2)CC1. The highest BCUT2D eigenvalue weighted by Crippen LogP contribution is 2.35. The van der Waals surface area contributed by atoms with Crippen LogP contribution >= 0.6 is 23.2 Å². The van der Waals surface area contributed by atoms with E-state index >= 15 is 0 Å². The predicted octanol–water partition coefficient (Wildman–Crippen LogP) is 4.90. The van der Waals surface area contributed by atoms with E-state index in [2.05, 4.69) is 20.2 Å². The van der Waals surface area contributed by atoms with Crippen molar-refractivity contribution in [3.05, 3.63) is 74.8 Å². The summed E-state index contributed by atoms with van der Waals surface area (Å²) < 4.78 is 13.4. The lowest BCUT2D eigenvalue weighted by Gasteiger charge is -2.36. The summed E-state index contributed by atoms with van der Waals surface area (Å²) in [6, 6.07) is 11.5. The zero-order chi connectivity index (χ0) is 22.0. The number of nitrogens with zero attached hydrogens (tertiary/aromatic N) is 5. The highest BCUT2D eigenvalue weighted by molar-refractivity contribution is 6.31. The van der Waals surface area contributed by atoms with Crippen molar-refractivity contribution in [2.75, 3.05) is 41.3 Å².